The van der Waals surface area contributed by atoms with Crippen molar-refractivity contribution in [2.24, 2.45) is 23.7 Å². The van der Waals surface area contributed by atoms with Gasteiger partial charge in [-0.1, -0.05) is 54.7 Å². The smallest absolute Gasteiger partial charge is 0.191 e. The highest BCUT2D eigenvalue weighted by atomic mass is 28.4. The van der Waals surface area contributed by atoms with Crippen LogP contribution in [0.5, 0.6) is 0 Å². The van der Waals surface area contributed by atoms with E-state index in [-0.39, 0.29) is 108 Å². The van der Waals surface area contributed by atoms with Gasteiger partial charge in [-0.2, -0.15) is 0 Å². The van der Waals surface area contributed by atoms with E-state index in [1.165, 1.54) is 5.57 Å². The molecule has 10 saturated heterocycles. The molecule has 58 heavy (non-hydrogen) atoms. The third kappa shape index (κ3) is 8.07. The van der Waals surface area contributed by atoms with Crippen molar-refractivity contribution in [1.82, 2.24) is 0 Å². The van der Waals surface area contributed by atoms with Crippen LogP contribution in [0, 0.1) is 23.7 Å². The monoisotopic (exact) mass is 827 g/mol. The molecule has 10 heterocycles. The fourth-order valence-corrected chi connectivity index (χ4v) is 13.1. The average molecular weight is 827 g/mol. The molecule has 3 unspecified atom stereocenters. The predicted octanol–water partition coefficient (Wildman–Crippen LogP) is 8.40. The van der Waals surface area contributed by atoms with E-state index in [0.29, 0.717) is 31.1 Å². The summed E-state index contributed by atoms with van der Waals surface area (Å²) >= 11 is 0. The quantitative estimate of drug-likeness (QED) is 0.199. The van der Waals surface area contributed by atoms with Crippen LogP contribution < -0.4 is 0 Å². The van der Waals surface area contributed by atoms with Gasteiger partial charge in [0, 0.05) is 38.7 Å². The first-order chi connectivity index (χ1) is 27.5. The summed E-state index contributed by atoms with van der Waals surface area (Å²) in [6.45, 7) is 28.2. The van der Waals surface area contributed by atoms with Crippen molar-refractivity contribution in [3.05, 3.63) is 24.3 Å². The summed E-state index contributed by atoms with van der Waals surface area (Å²) in [7, 11) is -1.88. The first-order valence-corrected chi connectivity index (χ1v) is 26.2. The Kier molecular flexibility index (Phi) is 11.7. The molecule has 0 amide bonds. The van der Waals surface area contributed by atoms with E-state index >= 15 is 0 Å². The van der Waals surface area contributed by atoms with Crippen molar-refractivity contribution >= 4 is 14.1 Å². The Balaban J connectivity index is 0.953. The molecule has 10 aliphatic rings. The maximum atomic E-state index is 14.3. The number of Topliss-reactive ketones (excluding diaryl/α,β-unsaturated/α-hetero) is 1. The summed E-state index contributed by atoms with van der Waals surface area (Å²) in [6, 6.07) is 0. The average Bonchev–Trinajstić information content (AvgIpc) is 3.82. The number of rotatable bonds is 5. The van der Waals surface area contributed by atoms with Gasteiger partial charge >= 0.3 is 0 Å². The summed E-state index contributed by atoms with van der Waals surface area (Å²) in [6.07, 6.45) is 8.52. The third-order valence-corrected chi connectivity index (χ3v) is 21.1. The normalized spacial score (nSPS) is 48.8. The number of carbonyl (C=O) groups is 1. The van der Waals surface area contributed by atoms with Gasteiger partial charge < -0.3 is 42.3 Å². The molecule has 0 aromatic rings. The van der Waals surface area contributed by atoms with Crippen molar-refractivity contribution in [3.63, 3.8) is 0 Å². The van der Waals surface area contributed by atoms with Crippen molar-refractivity contribution < 1.29 is 47.1 Å². The van der Waals surface area contributed by atoms with Gasteiger partial charge in [0.1, 0.15) is 36.3 Å². The number of ketones is 1. The Morgan fingerprint density at radius 2 is 1.47 bits per heavy atom. The Bertz CT molecular complexity index is 1560. The first kappa shape index (κ1) is 42.3. The Morgan fingerprint density at radius 3 is 2.26 bits per heavy atom. The van der Waals surface area contributed by atoms with Crippen LogP contribution in [0.1, 0.15) is 125 Å². The van der Waals surface area contributed by atoms with Gasteiger partial charge in [-0.05, 0) is 104 Å². The first-order valence-electron chi connectivity index (χ1n) is 23.3. The van der Waals surface area contributed by atoms with Crippen LogP contribution in [0.2, 0.25) is 18.1 Å². The van der Waals surface area contributed by atoms with Crippen LogP contribution >= 0.6 is 0 Å². The molecule has 19 atom stereocenters. The van der Waals surface area contributed by atoms with Crippen LogP contribution in [0.3, 0.4) is 0 Å². The zero-order valence-corrected chi connectivity index (χ0v) is 37.8. The molecular weight excluding hydrogens is 753 g/mol. The molecule has 12 bridgehead atoms. The lowest BCUT2D eigenvalue weighted by Crippen LogP contribution is -2.61. The van der Waals surface area contributed by atoms with Crippen LogP contribution in [-0.2, 0) is 47.1 Å². The lowest BCUT2D eigenvalue weighted by atomic mass is 9.78. The van der Waals surface area contributed by atoms with Crippen LogP contribution in [-0.4, -0.2) is 112 Å². The molecule has 10 aliphatic heterocycles. The molecular formula is C47H74O10Si. The standard InChI is InChI=1S/C47H74O10Si/c1-25(24-49-58(9,10)46(6,7)8)17-37-29(5)34-21-30(48)20-32-12-14-36-41(52-32)45-44-43(54-36)42-40(55-44)23-47(56-42,57-45)16-15-33-19-27(3)35(50-33)13-11-31-18-26(2)28(4)38(51-31)22-39(34)53-37/h25-26,29,31-45H,3-4,11-24H2,1-2,5-10H3/t25-,26+,29+,31-,32+,33-,34?,35?,36-,37+,38?,39-,40+,41-,42-,43-,44+,45-,47-/m0/s1. The van der Waals surface area contributed by atoms with Gasteiger partial charge in [0.05, 0.1) is 54.9 Å². The number of carbonyl (C=O) groups excluding carboxylic acids is 1. The number of hydrogen-bond donors (Lipinski definition) is 0. The van der Waals surface area contributed by atoms with Crippen LogP contribution in [0.25, 0.3) is 0 Å². The van der Waals surface area contributed by atoms with Crippen molar-refractivity contribution in [2.45, 2.75) is 234 Å². The van der Waals surface area contributed by atoms with Crippen LogP contribution in [0.4, 0.5) is 0 Å². The van der Waals surface area contributed by atoms with E-state index in [9.17, 15) is 4.79 Å². The van der Waals surface area contributed by atoms with Gasteiger partial charge in [0.2, 0.25) is 0 Å². The highest BCUT2D eigenvalue weighted by Gasteiger charge is 2.68. The Labute approximate surface area is 349 Å². The summed E-state index contributed by atoms with van der Waals surface area (Å²) < 4.78 is 61.6. The minimum Gasteiger partial charge on any atom is -0.417 e. The fourth-order valence-electron chi connectivity index (χ4n) is 11.9. The molecule has 1 spiro atoms. The second-order valence-corrected chi connectivity index (χ2v) is 26.7. The molecule has 0 aromatic heterocycles. The Morgan fingerprint density at radius 1 is 0.759 bits per heavy atom. The minimum absolute atomic E-state index is 0.0185. The van der Waals surface area contributed by atoms with E-state index in [0.717, 1.165) is 76.4 Å². The maximum absolute atomic E-state index is 14.3. The van der Waals surface area contributed by atoms with E-state index in [1.807, 2.05) is 0 Å². The van der Waals surface area contributed by atoms with Crippen LogP contribution in [0.15, 0.2) is 24.3 Å². The topological polar surface area (TPSA) is 100 Å². The third-order valence-electron chi connectivity index (χ3n) is 16.6. The zero-order chi connectivity index (χ0) is 40.9. The highest BCUT2D eigenvalue weighted by molar-refractivity contribution is 6.74. The van der Waals surface area contributed by atoms with Gasteiger partial charge in [0.25, 0.3) is 0 Å². The zero-order valence-electron chi connectivity index (χ0n) is 36.8. The van der Waals surface area contributed by atoms with Crippen molar-refractivity contribution in [3.8, 4) is 0 Å². The highest BCUT2D eigenvalue weighted by Crippen LogP contribution is 2.54. The lowest BCUT2D eigenvalue weighted by Gasteiger charge is -2.47. The molecule has 0 N–H and O–H groups in total. The summed E-state index contributed by atoms with van der Waals surface area (Å²) in [5.74, 6) is 0.467. The minimum atomic E-state index is -1.88. The van der Waals surface area contributed by atoms with Gasteiger partial charge in [-0.3, -0.25) is 4.79 Å². The van der Waals surface area contributed by atoms with Gasteiger partial charge in [0.15, 0.2) is 14.1 Å². The van der Waals surface area contributed by atoms with Crippen molar-refractivity contribution in [2.75, 3.05) is 6.61 Å². The van der Waals surface area contributed by atoms with E-state index < -0.39 is 14.1 Å². The summed E-state index contributed by atoms with van der Waals surface area (Å²) in [5.41, 5.74) is 2.32. The van der Waals surface area contributed by atoms with Gasteiger partial charge in [-0.25, -0.2) is 0 Å². The molecule has 10 nitrogen and oxygen atoms in total. The van der Waals surface area contributed by atoms with E-state index in [4.69, 9.17) is 42.3 Å². The predicted molar refractivity (Wildman–Crippen MR) is 222 cm³/mol. The largest absolute Gasteiger partial charge is 0.417 e. The number of fused-ring (bicyclic) bond motifs is 6. The molecule has 10 fully saturated rings. The molecule has 10 rings (SSSR count). The lowest BCUT2D eigenvalue weighted by molar-refractivity contribution is -0.292. The maximum Gasteiger partial charge on any atom is 0.191 e. The van der Waals surface area contributed by atoms with E-state index in [2.05, 4.69) is 67.8 Å². The molecule has 0 radical (unpaired) electrons. The second kappa shape index (κ2) is 16.0. The number of ether oxygens (including phenoxy) is 8. The molecule has 0 aromatic carbocycles. The van der Waals surface area contributed by atoms with Crippen molar-refractivity contribution in [1.29, 1.82) is 0 Å². The second-order valence-electron chi connectivity index (χ2n) is 21.9. The molecule has 0 aliphatic carbocycles. The molecule has 0 saturated carbocycles. The molecule has 326 valence electrons. The SMILES string of the molecule is C=C1C[C@@H]2CC[C@@]34C[C@H]5O[C@H]6[C@@H](O3)[C@H]3O[C@H](CC[C@@H]3O[C@H]6[C@H]5O4)CC(=O)CC3[C@H](CC4O[C@@H](CCC1O2)C[C@@H](C)C4=C)O[C@H](C[C@H](C)CO[Si](C)(C)C(C)(C)C)[C@@H]3C. The Hall–Kier alpha value is -0.993. The fraction of sp³-hybridized carbons (Fsp3) is 0.894. The summed E-state index contributed by atoms with van der Waals surface area (Å²) in [4.78, 5) is 14.3. The molecule has 11 heteroatoms. The van der Waals surface area contributed by atoms with E-state index in [1.54, 1.807) is 0 Å². The van der Waals surface area contributed by atoms with Gasteiger partial charge in [-0.15, -0.1) is 0 Å². The number of hydrogen-bond acceptors (Lipinski definition) is 10. The summed E-state index contributed by atoms with van der Waals surface area (Å²) in [5, 5.41) is 0.162.